The highest BCUT2D eigenvalue weighted by atomic mass is 31.2. The molecule has 1 unspecified atom stereocenters. The van der Waals surface area contributed by atoms with Crippen LogP contribution >= 0.6 is 7.82 Å². The van der Waals surface area contributed by atoms with Gasteiger partial charge in [0, 0.05) is 0 Å². The third-order valence-corrected chi connectivity index (χ3v) is 11.6. The molecule has 14 heteroatoms. The third-order valence-electron chi connectivity index (χ3n) is 10.7. The number of nitriles is 1. The van der Waals surface area contributed by atoms with Gasteiger partial charge in [-0.2, -0.15) is 10.4 Å². The molecule has 0 saturated carbocycles. The summed E-state index contributed by atoms with van der Waals surface area (Å²) in [6.07, 6.45) is 22.6. The Balaban J connectivity index is 1.17. The zero-order valence-corrected chi connectivity index (χ0v) is 33.8. The Morgan fingerprint density at radius 1 is 0.964 bits per heavy atom. The zero-order valence-electron chi connectivity index (χ0n) is 32.9. The van der Waals surface area contributed by atoms with E-state index in [0.29, 0.717) is 23.3 Å². The minimum Gasteiger partial charge on any atom is -0.488 e. The number of nitrogens with two attached hydrogens (primary N) is 1. The Labute approximate surface area is 327 Å². The molecule has 0 spiro atoms. The Bertz CT molecular complexity index is 1670. The van der Waals surface area contributed by atoms with E-state index in [9.17, 15) is 24.9 Å². The molecule has 1 saturated heterocycles. The number of anilines is 1. The van der Waals surface area contributed by atoms with Gasteiger partial charge in [-0.1, -0.05) is 122 Å². The highest BCUT2D eigenvalue weighted by Crippen LogP contribution is 2.48. The summed E-state index contributed by atoms with van der Waals surface area (Å²) in [7, 11) is -4.66. The number of nitrogens with zero attached hydrogens (tertiary/aromatic N) is 4. The van der Waals surface area contributed by atoms with Crippen LogP contribution in [0.1, 0.15) is 147 Å². The molecule has 4 rings (SSSR count). The van der Waals surface area contributed by atoms with Crippen LogP contribution in [0, 0.1) is 11.3 Å². The van der Waals surface area contributed by atoms with E-state index >= 15 is 0 Å². The van der Waals surface area contributed by atoms with Gasteiger partial charge in [0.15, 0.2) is 11.4 Å². The Kier molecular flexibility index (Phi) is 18.3. The summed E-state index contributed by atoms with van der Waals surface area (Å²) in [5.74, 6) is 0.658. The van der Waals surface area contributed by atoms with Crippen molar-refractivity contribution in [2.24, 2.45) is 0 Å². The van der Waals surface area contributed by atoms with Gasteiger partial charge in [0.1, 0.15) is 35.4 Å². The van der Waals surface area contributed by atoms with Gasteiger partial charge < -0.3 is 30.3 Å². The number of aromatic nitrogens is 3. The molecular weight excluding hydrogens is 721 g/mol. The number of fused-ring (bicyclic) bond motifs is 1. The van der Waals surface area contributed by atoms with Crippen molar-refractivity contribution in [3.63, 3.8) is 0 Å². The molecule has 1 fully saturated rings. The first-order valence-electron chi connectivity index (χ1n) is 20.4. The minimum atomic E-state index is -4.66. The van der Waals surface area contributed by atoms with Crippen LogP contribution in [-0.4, -0.2) is 67.3 Å². The zero-order chi connectivity index (χ0) is 39.6. The molecule has 5 atom stereocenters. The van der Waals surface area contributed by atoms with Crippen LogP contribution in [-0.2, 0) is 24.0 Å². The molecule has 0 bridgehead atoms. The minimum absolute atomic E-state index is 0.197. The number of ether oxygens (including phenoxy) is 2. The number of benzene rings is 1. The number of aliphatic hydroxyl groups excluding tert-OH is 1. The Hall–Kier alpha value is -3.08. The van der Waals surface area contributed by atoms with Crippen LogP contribution in [0.3, 0.4) is 0 Å². The van der Waals surface area contributed by atoms with Gasteiger partial charge in [-0.25, -0.2) is 14.1 Å². The summed E-state index contributed by atoms with van der Waals surface area (Å²) in [6.45, 7) is 2.60. The molecule has 55 heavy (non-hydrogen) atoms. The van der Waals surface area contributed by atoms with Crippen LogP contribution in [0.4, 0.5) is 5.82 Å². The van der Waals surface area contributed by atoms with E-state index in [-0.39, 0.29) is 24.7 Å². The Morgan fingerprint density at radius 3 is 2.16 bits per heavy atom. The van der Waals surface area contributed by atoms with Crippen molar-refractivity contribution in [3.05, 3.63) is 54.0 Å². The number of nitrogen functional groups attached to an aromatic ring is 1. The van der Waals surface area contributed by atoms with Crippen LogP contribution in [0.2, 0.25) is 0 Å². The average molecular weight is 786 g/mol. The molecular formula is C41H64N5O8P. The molecule has 0 aliphatic carbocycles. The number of aliphatic hydroxyl groups is 2. The van der Waals surface area contributed by atoms with Crippen molar-refractivity contribution in [2.45, 2.75) is 159 Å². The summed E-state index contributed by atoms with van der Waals surface area (Å²) in [4.78, 5) is 14.6. The summed E-state index contributed by atoms with van der Waals surface area (Å²) in [5, 5.41) is 36.3. The van der Waals surface area contributed by atoms with Gasteiger partial charge >= 0.3 is 7.82 Å². The number of hydrogen-bond donors (Lipinski definition) is 4. The number of phosphoric ester groups is 1. The summed E-state index contributed by atoms with van der Waals surface area (Å²) in [6, 6.07) is 12.0. The normalized spacial score (nSPS) is 21.4. The molecule has 1 aliphatic heterocycles. The Morgan fingerprint density at radius 2 is 1.56 bits per heavy atom. The molecule has 2 aromatic heterocycles. The van der Waals surface area contributed by atoms with Gasteiger partial charge in [-0.15, -0.1) is 0 Å². The summed E-state index contributed by atoms with van der Waals surface area (Å²) >= 11 is 0. The van der Waals surface area contributed by atoms with E-state index in [1.807, 2.05) is 0 Å². The maximum Gasteiger partial charge on any atom is 0.472 e. The lowest BCUT2D eigenvalue weighted by molar-refractivity contribution is -0.0998. The molecule has 1 aromatic carbocycles. The fourth-order valence-electron chi connectivity index (χ4n) is 7.26. The number of hydrogen-bond acceptors (Lipinski definition) is 11. The average Bonchev–Trinajstić information content (AvgIpc) is 3.73. The second-order valence-electron chi connectivity index (χ2n) is 15.3. The first-order valence-corrected chi connectivity index (χ1v) is 21.9. The van der Waals surface area contributed by atoms with Crippen molar-refractivity contribution >= 4 is 19.2 Å². The van der Waals surface area contributed by atoms with Crippen molar-refractivity contribution in [2.75, 3.05) is 25.6 Å². The van der Waals surface area contributed by atoms with Gasteiger partial charge in [0.05, 0.1) is 37.1 Å². The van der Waals surface area contributed by atoms with E-state index in [1.165, 1.54) is 114 Å². The monoisotopic (exact) mass is 785 g/mol. The SMILES string of the molecule is CCCCCCCCCCCCCCCCCCCC[C@H](COP(=O)(O)OC[C@@]1(C)OC[C@](O)(c2ccc3c(N)ncnn23)[C@@H]1O)Oc1cccc(C#N)c1. The van der Waals surface area contributed by atoms with Crippen LogP contribution in [0.5, 0.6) is 5.75 Å². The number of rotatable bonds is 28. The highest BCUT2D eigenvalue weighted by Gasteiger charge is 2.58. The van der Waals surface area contributed by atoms with Crippen molar-refractivity contribution in [3.8, 4) is 11.8 Å². The van der Waals surface area contributed by atoms with Gasteiger partial charge in [-0.3, -0.25) is 9.05 Å². The summed E-state index contributed by atoms with van der Waals surface area (Å²) in [5.41, 5.74) is 3.54. The molecule has 5 N–H and O–H groups in total. The lowest BCUT2D eigenvalue weighted by Gasteiger charge is -2.32. The lowest BCUT2D eigenvalue weighted by atomic mass is 9.86. The van der Waals surface area contributed by atoms with Crippen molar-refractivity contribution in [1.29, 1.82) is 5.26 Å². The standard InChI is InChI=1S/C41H64N5O8P/c1-3-4-5-6-7-8-9-10-11-12-13-14-15-16-17-18-19-20-23-35(54-34-24-21-22-33(27-34)28-42)29-52-55(49,50)53-30-40(2)39(47)41(48,31-51-40)37-26-25-36-38(43)44-32-45-46(36)37/h21-22,24-27,32,35,39,47-48H,3-20,23,29-31H2,1-2H3,(H,49,50)(H2,43,44,45)/t35-,39-,40-,41+/m1/s1. The first kappa shape index (κ1) is 44.6. The highest BCUT2D eigenvalue weighted by molar-refractivity contribution is 7.47. The predicted octanol–water partition coefficient (Wildman–Crippen LogP) is 8.53. The first-order chi connectivity index (χ1) is 26.5. The fourth-order valence-corrected chi connectivity index (χ4v) is 8.11. The van der Waals surface area contributed by atoms with Crippen LogP contribution in [0.25, 0.3) is 5.52 Å². The van der Waals surface area contributed by atoms with Crippen molar-refractivity contribution < 1.29 is 38.2 Å². The quantitative estimate of drug-likeness (QED) is 0.0405. The van der Waals surface area contributed by atoms with E-state index in [2.05, 4.69) is 23.1 Å². The van der Waals surface area contributed by atoms with Gasteiger partial charge in [0.25, 0.3) is 0 Å². The predicted molar refractivity (Wildman–Crippen MR) is 212 cm³/mol. The molecule has 1 aliphatic rings. The van der Waals surface area contributed by atoms with Gasteiger partial charge in [0.2, 0.25) is 0 Å². The molecule has 3 heterocycles. The largest absolute Gasteiger partial charge is 0.488 e. The maximum atomic E-state index is 13.1. The molecule has 0 amide bonds. The molecule has 13 nitrogen and oxygen atoms in total. The van der Waals surface area contributed by atoms with Crippen molar-refractivity contribution in [1.82, 2.24) is 14.6 Å². The number of phosphoric acid groups is 1. The smallest absolute Gasteiger partial charge is 0.472 e. The second kappa shape index (κ2) is 22.6. The van der Waals surface area contributed by atoms with Crippen LogP contribution in [0.15, 0.2) is 42.7 Å². The van der Waals surface area contributed by atoms with E-state index in [1.54, 1.807) is 36.4 Å². The topological polar surface area (TPSA) is 195 Å². The molecule has 3 aromatic rings. The number of unbranched alkanes of at least 4 members (excludes halogenated alkanes) is 17. The van der Waals surface area contributed by atoms with E-state index in [0.717, 1.165) is 19.3 Å². The van der Waals surface area contributed by atoms with Crippen LogP contribution < -0.4 is 10.5 Å². The lowest BCUT2D eigenvalue weighted by Crippen LogP contribution is -2.49. The fraction of sp³-hybridized carbons (Fsp3) is 0.683. The maximum absolute atomic E-state index is 13.1. The van der Waals surface area contributed by atoms with E-state index < -0.39 is 37.8 Å². The van der Waals surface area contributed by atoms with Gasteiger partial charge in [-0.05, 0) is 50.1 Å². The third kappa shape index (κ3) is 13.8. The summed E-state index contributed by atoms with van der Waals surface area (Å²) < 4.78 is 37.1. The molecule has 306 valence electrons. The second-order valence-corrected chi connectivity index (χ2v) is 16.8. The molecule has 0 radical (unpaired) electrons. The van der Waals surface area contributed by atoms with E-state index in [4.69, 9.17) is 24.3 Å².